The number of hydrogen-bond acceptors (Lipinski definition) is 3. The molecule has 0 bridgehead atoms. The SMILES string of the molecule is CC(C(=O)c1ccc(Cl)cc1)S(=O)(=O)c1ccc(Br)cc1. The largest absolute Gasteiger partial charge is 0.293 e. The maximum absolute atomic E-state index is 12.5. The summed E-state index contributed by atoms with van der Waals surface area (Å²) in [5, 5.41) is -0.658. The van der Waals surface area contributed by atoms with Crippen molar-refractivity contribution in [2.45, 2.75) is 17.1 Å². The van der Waals surface area contributed by atoms with Crippen LogP contribution in [0.4, 0.5) is 0 Å². The van der Waals surface area contributed by atoms with Crippen molar-refractivity contribution in [2.75, 3.05) is 0 Å². The molecule has 21 heavy (non-hydrogen) atoms. The molecule has 0 aliphatic heterocycles. The van der Waals surface area contributed by atoms with Gasteiger partial charge in [-0.3, -0.25) is 4.79 Å². The first-order valence-electron chi connectivity index (χ1n) is 6.11. The van der Waals surface area contributed by atoms with Crippen LogP contribution in [0.15, 0.2) is 57.9 Å². The lowest BCUT2D eigenvalue weighted by atomic mass is 10.1. The molecule has 2 aromatic rings. The van der Waals surface area contributed by atoms with E-state index in [4.69, 9.17) is 11.6 Å². The second-order valence-corrected chi connectivity index (χ2v) is 8.13. The molecule has 0 aromatic heterocycles. The van der Waals surface area contributed by atoms with Crippen LogP contribution in [-0.2, 0) is 9.84 Å². The number of benzene rings is 2. The Kier molecular flexibility index (Phi) is 4.86. The van der Waals surface area contributed by atoms with E-state index in [2.05, 4.69) is 15.9 Å². The molecule has 0 amide bonds. The number of sulfone groups is 1. The van der Waals surface area contributed by atoms with Crippen LogP contribution in [0, 0.1) is 0 Å². The second-order valence-electron chi connectivity index (χ2n) is 4.51. The third-order valence-electron chi connectivity index (χ3n) is 3.11. The van der Waals surface area contributed by atoms with Crippen molar-refractivity contribution >= 4 is 43.2 Å². The van der Waals surface area contributed by atoms with Gasteiger partial charge in [0, 0.05) is 15.1 Å². The highest BCUT2D eigenvalue weighted by Gasteiger charge is 2.30. The Morgan fingerprint density at radius 1 is 1.05 bits per heavy atom. The number of Topliss-reactive ketones (excluding diaryl/α,β-unsaturated/α-hetero) is 1. The smallest absolute Gasteiger partial charge is 0.188 e. The number of halogens is 2. The Hall–Kier alpha value is -1.17. The van der Waals surface area contributed by atoms with Gasteiger partial charge in [-0.2, -0.15) is 0 Å². The van der Waals surface area contributed by atoms with Gasteiger partial charge in [0.2, 0.25) is 0 Å². The Bertz CT molecular complexity index is 753. The standard InChI is InChI=1S/C15H12BrClO3S/c1-10(15(18)11-2-6-13(17)7-3-11)21(19,20)14-8-4-12(16)5-9-14/h2-10H,1H3. The van der Waals surface area contributed by atoms with Crippen molar-refractivity contribution in [3.8, 4) is 0 Å². The minimum absolute atomic E-state index is 0.125. The molecule has 2 rings (SSSR count). The normalized spacial score (nSPS) is 12.9. The number of carbonyl (C=O) groups excluding carboxylic acids is 1. The van der Waals surface area contributed by atoms with Crippen LogP contribution in [0.5, 0.6) is 0 Å². The topological polar surface area (TPSA) is 51.2 Å². The molecule has 1 unspecified atom stereocenters. The molecule has 1 atom stereocenters. The zero-order valence-electron chi connectivity index (χ0n) is 11.1. The molecule has 0 N–H and O–H groups in total. The number of hydrogen-bond donors (Lipinski definition) is 0. The van der Waals surface area contributed by atoms with Gasteiger partial charge < -0.3 is 0 Å². The summed E-state index contributed by atoms with van der Waals surface area (Å²) in [6.45, 7) is 1.40. The highest BCUT2D eigenvalue weighted by Crippen LogP contribution is 2.22. The maximum Gasteiger partial charge on any atom is 0.188 e. The molecule has 2 aromatic carbocycles. The predicted octanol–water partition coefficient (Wildman–Crippen LogP) is 4.15. The van der Waals surface area contributed by atoms with Gasteiger partial charge in [-0.05, 0) is 55.5 Å². The van der Waals surface area contributed by atoms with E-state index in [1.807, 2.05) is 0 Å². The molecule has 0 aliphatic rings. The van der Waals surface area contributed by atoms with Crippen molar-refractivity contribution in [1.29, 1.82) is 0 Å². The fourth-order valence-electron chi connectivity index (χ4n) is 1.82. The van der Waals surface area contributed by atoms with Gasteiger partial charge in [-0.15, -0.1) is 0 Å². The lowest BCUT2D eigenvalue weighted by Gasteiger charge is -2.12. The Labute approximate surface area is 137 Å². The molecule has 0 radical (unpaired) electrons. The molecule has 0 fully saturated rings. The first-order chi connectivity index (χ1) is 9.82. The van der Waals surface area contributed by atoms with Crippen LogP contribution in [-0.4, -0.2) is 19.5 Å². The van der Waals surface area contributed by atoms with E-state index in [0.717, 1.165) is 4.47 Å². The average molecular weight is 388 g/mol. The highest BCUT2D eigenvalue weighted by molar-refractivity contribution is 9.10. The van der Waals surface area contributed by atoms with Gasteiger partial charge in [-0.25, -0.2) is 8.42 Å². The quantitative estimate of drug-likeness (QED) is 0.741. The number of carbonyl (C=O) groups is 1. The number of ketones is 1. The zero-order chi connectivity index (χ0) is 15.6. The van der Waals surface area contributed by atoms with Gasteiger partial charge in [-0.1, -0.05) is 27.5 Å². The summed E-state index contributed by atoms with van der Waals surface area (Å²) in [6, 6.07) is 12.4. The van der Waals surface area contributed by atoms with Crippen molar-refractivity contribution in [3.05, 3.63) is 63.6 Å². The molecule has 0 heterocycles. The Balaban J connectivity index is 2.33. The van der Waals surface area contributed by atoms with Crippen LogP contribution < -0.4 is 0 Å². The van der Waals surface area contributed by atoms with Crippen molar-refractivity contribution in [2.24, 2.45) is 0 Å². The minimum atomic E-state index is -3.72. The van der Waals surface area contributed by atoms with E-state index in [1.165, 1.54) is 31.2 Å². The molecule has 3 nitrogen and oxygen atoms in total. The highest BCUT2D eigenvalue weighted by atomic mass is 79.9. The third kappa shape index (κ3) is 3.54. The van der Waals surface area contributed by atoms with Crippen LogP contribution in [0.2, 0.25) is 5.02 Å². The van der Waals surface area contributed by atoms with Gasteiger partial charge in [0.15, 0.2) is 15.6 Å². The monoisotopic (exact) mass is 386 g/mol. The fraction of sp³-hybridized carbons (Fsp3) is 0.133. The van der Waals surface area contributed by atoms with Crippen molar-refractivity contribution in [1.82, 2.24) is 0 Å². The Morgan fingerprint density at radius 2 is 1.57 bits per heavy atom. The number of rotatable bonds is 4. The van der Waals surface area contributed by atoms with Gasteiger partial charge in [0.25, 0.3) is 0 Å². The molecular formula is C15H12BrClO3S. The molecular weight excluding hydrogens is 376 g/mol. The summed E-state index contributed by atoms with van der Waals surface area (Å²) in [6.07, 6.45) is 0. The third-order valence-corrected chi connectivity index (χ3v) is 5.96. The van der Waals surface area contributed by atoms with Crippen LogP contribution in [0.1, 0.15) is 17.3 Å². The van der Waals surface area contributed by atoms with Gasteiger partial charge in [0.05, 0.1) is 4.90 Å². The molecule has 110 valence electrons. The predicted molar refractivity (Wildman–Crippen MR) is 86.6 cm³/mol. The van der Waals surface area contributed by atoms with E-state index >= 15 is 0 Å². The van der Waals surface area contributed by atoms with Gasteiger partial charge in [0.1, 0.15) is 5.25 Å². The summed E-state index contributed by atoms with van der Waals surface area (Å²) in [5.74, 6) is -0.449. The molecule has 0 saturated carbocycles. The molecule has 0 spiro atoms. The van der Waals surface area contributed by atoms with E-state index in [9.17, 15) is 13.2 Å². The summed E-state index contributed by atoms with van der Waals surface area (Å²) in [5.41, 5.74) is 0.326. The summed E-state index contributed by atoms with van der Waals surface area (Å²) in [4.78, 5) is 12.4. The van der Waals surface area contributed by atoms with Crippen LogP contribution in [0.3, 0.4) is 0 Å². The molecule has 6 heteroatoms. The summed E-state index contributed by atoms with van der Waals surface area (Å²) in [7, 11) is -3.72. The van der Waals surface area contributed by atoms with Crippen LogP contribution in [0.25, 0.3) is 0 Å². The van der Waals surface area contributed by atoms with E-state index in [1.54, 1.807) is 24.3 Å². The first kappa shape index (κ1) is 16.2. The van der Waals surface area contributed by atoms with Crippen LogP contribution >= 0.6 is 27.5 Å². The summed E-state index contributed by atoms with van der Waals surface area (Å²) < 4.78 is 25.7. The van der Waals surface area contributed by atoms with Crippen molar-refractivity contribution in [3.63, 3.8) is 0 Å². The lowest BCUT2D eigenvalue weighted by Crippen LogP contribution is -2.27. The maximum atomic E-state index is 12.5. The van der Waals surface area contributed by atoms with E-state index in [-0.39, 0.29) is 4.90 Å². The average Bonchev–Trinajstić information content (AvgIpc) is 2.47. The Morgan fingerprint density at radius 3 is 2.10 bits per heavy atom. The van der Waals surface area contributed by atoms with Crippen molar-refractivity contribution < 1.29 is 13.2 Å². The molecule has 0 aliphatic carbocycles. The van der Waals surface area contributed by atoms with E-state index in [0.29, 0.717) is 10.6 Å². The van der Waals surface area contributed by atoms with Gasteiger partial charge >= 0.3 is 0 Å². The van der Waals surface area contributed by atoms with E-state index < -0.39 is 20.9 Å². The minimum Gasteiger partial charge on any atom is -0.293 e. The lowest BCUT2D eigenvalue weighted by molar-refractivity contribution is 0.0991. The second kappa shape index (κ2) is 6.30. The zero-order valence-corrected chi connectivity index (χ0v) is 14.2. The fourth-order valence-corrected chi connectivity index (χ4v) is 3.55. The summed E-state index contributed by atoms with van der Waals surface area (Å²) >= 11 is 9.01. The molecule has 0 saturated heterocycles. The first-order valence-corrected chi connectivity index (χ1v) is 8.83.